The Morgan fingerprint density at radius 1 is 0.532 bits per heavy atom. The van der Waals surface area contributed by atoms with Gasteiger partial charge in [0.05, 0.1) is 23.3 Å². The van der Waals surface area contributed by atoms with Gasteiger partial charge in [-0.2, -0.15) is 10.5 Å². The number of hydrogen-bond acceptors (Lipinski definition) is 3. The highest BCUT2D eigenvalue weighted by atomic mass is 32.2. The summed E-state index contributed by atoms with van der Waals surface area (Å²) >= 11 is 1.76. The molecule has 2 saturated carbocycles. The molecule has 0 N–H and O–H groups in total. The van der Waals surface area contributed by atoms with Crippen LogP contribution in [0.4, 0.5) is 0 Å². The molecule has 3 heteroatoms. The van der Waals surface area contributed by atoms with E-state index in [9.17, 15) is 10.5 Å². The summed E-state index contributed by atoms with van der Waals surface area (Å²) in [5.74, 6) is 3.19. The van der Waals surface area contributed by atoms with Crippen molar-refractivity contribution in [2.75, 3.05) is 0 Å². The molecule has 6 rings (SSSR count). The van der Waals surface area contributed by atoms with Gasteiger partial charge < -0.3 is 0 Å². The van der Waals surface area contributed by atoms with Crippen molar-refractivity contribution < 1.29 is 0 Å². The van der Waals surface area contributed by atoms with E-state index in [0.717, 1.165) is 34.5 Å². The van der Waals surface area contributed by atoms with E-state index in [0.29, 0.717) is 23.0 Å². The van der Waals surface area contributed by atoms with Crippen molar-refractivity contribution in [1.29, 1.82) is 10.5 Å². The van der Waals surface area contributed by atoms with E-state index in [-0.39, 0.29) is 0 Å². The first-order valence-corrected chi connectivity index (χ1v) is 18.8. The van der Waals surface area contributed by atoms with Gasteiger partial charge in [-0.1, -0.05) is 87.0 Å². The zero-order valence-corrected chi connectivity index (χ0v) is 29.0. The van der Waals surface area contributed by atoms with E-state index in [1.807, 2.05) is 12.1 Å². The minimum absolute atomic E-state index is 0.687. The molecule has 0 unspecified atom stereocenters. The first kappa shape index (κ1) is 33.1. The Balaban J connectivity index is 1.19. The van der Waals surface area contributed by atoms with Crippen LogP contribution in [0.15, 0.2) is 94.7 Å². The van der Waals surface area contributed by atoms with Crippen LogP contribution < -0.4 is 0 Å². The fourth-order valence-corrected chi connectivity index (χ4v) is 8.99. The van der Waals surface area contributed by atoms with Crippen LogP contribution in [-0.4, -0.2) is 0 Å². The number of rotatable bonds is 10. The number of hydrogen-bond donors (Lipinski definition) is 0. The zero-order valence-electron chi connectivity index (χ0n) is 28.2. The van der Waals surface area contributed by atoms with Crippen molar-refractivity contribution in [3.8, 4) is 12.1 Å². The normalized spacial score (nSPS) is 21.1. The lowest BCUT2D eigenvalue weighted by atomic mass is 9.78. The molecular weight excluding hydrogens is 589 g/mol. The molecule has 0 bridgehead atoms. The van der Waals surface area contributed by atoms with Gasteiger partial charge in [-0.3, -0.25) is 0 Å². The number of nitriles is 2. The van der Waals surface area contributed by atoms with Crippen molar-refractivity contribution in [2.45, 2.75) is 113 Å². The van der Waals surface area contributed by atoms with Crippen LogP contribution in [0.5, 0.6) is 0 Å². The summed E-state index contributed by atoms with van der Waals surface area (Å²) in [6.45, 7) is 4.65. The van der Waals surface area contributed by atoms with Crippen LogP contribution in [0, 0.1) is 34.5 Å². The summed E-state index contributed by atoms with van der Waals surface area (Å²) in [7, 11) is 0. The predicted octanol–water partition coefficient (Wildman–Crippen LogP) is 12.1. The molecule has 0 saturated heterocycles. The Hall–Kier alpha value is -3.79. The molecule has 0 radical (unpaired) electrons. The van der Waals surface area contributed by atoms with Gasteiger partial charge in [0.15, 0.2) is 0 Å². The molecule has 2 aliphatic rings. The molecule has 0 amide bonds. The molecule has 240 valence electrons. The maximum absolute atomic E-state index is 9.73. The summed E-state index contributed by atoms with van der Waals surface area (Å²) in [6.07, 6.45) is 14.8. The number of nitrogens with zero attached hydrogens (tertiary/aromatic N) is 2. The molecule has 0 atom stereocenters. The molecule has 0 heterocycles. The number of benzene rings is 4. The van der Waals surface area contributed by atoms with Gasteiger partial charge in [-0.05, 0) is 158 Å². The Kier molecular flexibility index (Phi) is 11.2. The Morgan fingerprint density at radius 3 is 1.26 bits per heavy atom. The van der Waals surface area contributed by atoms with E-state index in [1.54, 1.807) is 11.8 Å². The first-order chi connectivity index (χ1) is 23.0. The van der Waals surface area contributed by atoms with E-state index in [2.05, 4.69) is 98.8 Å². The summed E-state index contributed by atoms with van der Waals surface area (Å²) in [5, 5.41) is 19.5. The van der Waals surface area contributed by atoms with Crippen LogP contribution in [0.1, 0.15) is 134 Å². The van der Waals surface area contributed by atoms with Crippen molar-refractivity contribution in [3.05, 3.63) is 129 Å². The van der Waals surface area contributed by atoms with Gasteiger partial charge in [-0.15, -0.1) is 0 Å². The molecule has 0 aromatic heterocycles. The highest BCUT2D eigenvalue weighted by molar-refractivity contribution is 7.99. The minimum Gasteiger partial charge on any atom is -0.192 e. The van der Waals surface area contributed by atoms with Gasteiger partial charge in [0.2, 0.25) is 0 Å². The van der Waals surface area contributed by atoms with Gasteiger partial charge in [0.1, 0.15) is 0 Å². The topological polar surface area (TPSA) is 47.6 Å². The second kappa shape index (κ2) is 15.9. The zero-order chi connectivity index (χ0) is 32.6. The third-order valence-electron chi connectivity index (χ3n) is 11.1. The highest BCUT2D eigenvalue weighted by Gasteiger charge is 2.22. The molecular formula is C44H48N2S. The Bertz CT molecular complexity index is 1580. The minimum atomic E-state index is 0.687. The quantitative estimate of drug-likeness (QED) is 0.174. The average molecular weight is 637 g/mol. The average Bonchev–Trinajstić information content (AvgIpc) is 3.13. The maximum Gasteiger partial charge on any atom is 0.0991 e. The summed E-state index contributed by atoms with van der Waals surface area (Å²) in [4.78, 5) is 2.32. The third kappa shape index (κ3) is 8.39. The molecule has 47 heavy (non-hydrogen) atoms. The molecule has 4 aromatic carbocycles. The summed E-state index contributed by atoms with van der Waals surface area (Å²) < 4.78 is 0. The van der Waals surface area contributed by atoms with E-state index >= 15 is 0 Å². The third-order valence-corrected chi connectivity index (χ3v) is 12.4. The fraction of sp³-hybridized carbons (Fsp3) is 0.409. The lowest BCUT2D eigenvalue weighted by Crippen LogP contribution is -2.12. The van der Waals surface area contributed by atoms with E-state index < -0.39 is 0 Å². The van der Waals surface area contributed by atoms with Crippen molar-refractivity contribution in [2.24, 2.45) is 11.8 Å². The van der Waals surface area contributed by atoms with Crippen LogP contribution in [0.25, 0.3) is 0 Å². The lowest BCUT2D eigenvalue weighted by Gasteiger charge is -2.28. The molecule has 2 nitrogen and oxygen atoms in total. The van der Waals surface area contributed by atoms with Crippen LogP contribution in [-0.2, 0) is 12.8 Å². The molecule has 4 aromatic rings. The molecule has 0 aliphatic heterocycles. The van der Waals surface area contributed by atoms with Crippen molar-refractivity contribution >= 4 is 11.8 Å². The SMILES string of the molecule is CC[C@H]1CC[C@H](c2ccc(Cc3cc(C#N)ccc3Sc3ccc(C#N)cc3Cc3ccc([C@H]4CC[C@H](CC)CC4)cc3)cc2)CC1. The second-order valence-electron chi connectivity index (χ2n) is 14.1. The largest absolute Gasteiger partial charge is 0.192 e. The van der Waals surface area contributed by atoms with Gasteiger partial charge >= 0.3 is 0 Å². The standard InChI is InChI=1S/C44H48N2S/c1-3-31-5-15-37(16-6-31)39-19-9-33(10-20-39)25-41-27-35(29-45)13-23-43(41)47-44-24-14-36(30-46)28-42(44)26-34-11-21-40(22-12-34)38-17-7-32(4-2)8-18-38/h9-14,19-24,27-28,31-32,37-38H,3-8,15-18,25-26H2,1-2H3/t31-,32-,37-,38-. The Labute approximate surface area is 287 Å². The molecule has 0 spiro atoms. The Morgan fingerprint density at radius 2 is 0.915 bits per heavy atom. The predicted molar refractivity (Wildman–Crippen MR) is 195 cm³/mol. The summed E-state index contributed by atoms with van der Waals surface area (Å²) in [6, 6.07) is 35.4. The molecule has 2 aliphatic carbocycles. The van der Waals surface area contributed by atoms with E-state index in [4.69, 9.17) is 0 Å². The second-order valence-corrected chi connectivity index (χ2v) is 15.1. The van der Waals surface area contributed by atoms with Gasteiger partial charge in [-0.25, -0.2) is 0 Å². The smallest absolute Gasteiger partial charge is 0.0991 e. The van der Waals surface area contributed by atoms with Crippen LogP contribution >= 0.6 is 11.8 Å². The van der Waals surface area contributed by atoms with E-state index in [1.165, 1.54) is 97.6 Å². The lowest BCUT2D eigenvalue weighted by molar-refractivity contribution is 0.319. The van der Waals surface area contributed by atoms with Crippen LogP contribution in [0.2, 0.25) is 0 Å². The van der Waals surface area contributed by atoms with Gasteiger partial charge in [0.25, 0.3) is 0 Å². The first-order valence-electron chi connectivity index (χ1n) is 18.0. The van der Waals surface area contributed by atoms with Gasteiger partial charge in [0, 0.05) is 9.79 Å². The monoisotopic (exact) mass is 636 g/mol. The summed E-state index contributed by atoms with van der Waals surface area (Å²) in [5.41, 5.74) is 9.22. The fourth-order valence-electron chi connectivity index (χ4n) is 7.96. The van der Waals surface area contributed by atoms with Crippen LogP contribution in [0.3, 0.4) is 0 Å². The van der Waals surface area contributed by atoms with Crippen molar-refractivity contribution in [1.82, 2.24) is 0 Å². The maximum atomic E-state index is 9.73. The highest BCUT2D eigenvalue weighted by Crippen LogP contribution is 2.40. The molecule has 2 fully saturated rings. The van der Waals surface area contributed by atoms with Crippen molar-refractivity contribution in [3.63, 3.8) is 0 Å².